The van der Waals surface area contributed by atoms with Crippen LogP contribution in [0.15, 0.2) is 39.1 Å². The van der Waals surface area contributed by atoms with Crippen LogP contribution in [-0.4, -0.2) is 26.7 Å². The maximum Gasteiger partial charge on any atom is 0.188 e. The van der Waals surface area contributed by atoms with E-state index < -0.39 is 0 Å². The summed E-state index contributed by atoms with van der Waals surface area (Å²) in [6, 6.07) is 8.00. The first-order valence-corrected chi connectivity index (χ1v) is 8.78. The lowest BCUT2D eigenvalue weighted by Crippen LogP contribution is -2.33. The lowest BCUT2D eigenvalue weighted by atomic mass is 10.2. The Morgan fingerprint density at radius 3 is 2.75 bits per heavy atom. The van der Waals surface area contributed by atoms with E-state index in [2.05, 4.69) is 37.7 Å². The highest BCUT2D eigenvalue weighted by Crippen LogP contribution is 2.36. The Hall–Kier alpha value is -1.000. The molecule has 1 heterocycles. The van der Waals surface area contributed by atoms with Gasteiger partial charge in [0.15, 0.2) is 17.5 Å². The van der Waals surface area contributed by atoms with E-state index in [-0.39, 0.29) is 24.0 Å². The molecule has 0 atom stereocenters. The summed E-state index contributed by atoms with van der Waals surface area (Å²) in [6.07, 6.45) is 0.940. The maximum absolute atomic E-state index is 5.90. The highest BCUT2D eigenvalue weighted by atomic mass is 127. The molecule has 0 aliphatic heterocycles. The van der Waals surface area contributed by atoms with Gasteiger partial charge >= 0.3 is 0 Å². The van der Waals surface area contributed by atoms with Crippen LogP contribution in [0, 0.1) is 0 Å². The second kappa shape index (κ2) is 10.8. The molecule has 0 saturated carbocycles. The largest absolute Gasteiger partial charge is 0.493 e. The minimum atomic E-state index is 0. The SMILES string of the molecule is COc1cc(CN=C(N)NCCc2cccs2)cc(Br)c1OC.I. The molecule has 8 heteroatoms. The van der Waals surface area contributed by atoms with Gasteiger partial charge < -0.3 is 20.5 Å². The number of thiophene rings is 1. The lowest BCUT2D eigenvalue weighted by Gasteiger charge is -2.11. The van der Waals surface area contributed by atoms with Crippen molar-refractivity contribution in [2.45, 2.75) is 13.0 Å². The number of nitrogens with two attached hydrogens (primary N) is 1. The van der Waals surface area contributed by atoms with E-state index in [1.165, 1.54) is 4.88 Å². The van der Waals surface area contributed by atoms with Crippen LogP contribution in [0.2, 0.25) is 0 Å². The molecular weight excluding hydrogens is 505 g/mol. The summed E-state index contributed by atoms with van der Waals surface area (Å²) in [6.45, 7) is 1.24. The molecule has 0 radical (unpaired) electrons. The zero-order valence-corrected chi connectivity index (χ0v) is 18.3. The average Bonchev–Trinajstić information content (AvgIpc) is 3.05. The molecule has 0 bridgehead atoms. The van der Waals surface area contributed by atoms with Gasteiger partial charge in [-0.15, -0.1) is 35.3 Å². The van der Waals surface area contributed by atoms with E-state index in [4.69, 9.17) is 15.2 Å². The quantitative estimate of drug-likeness (QED) is 0.328. The number of nitrogens with one attached hydrogen (secondary N) is 1. The maximum atomic E-state index is 5.90. The zero-order chi connectivity index (χ0) is 16.7. The molecule has 0 aliphatic rings. The summed E-state index contributed by atoms with van der Waals surface area (Å²) in [5.41, 5.74) is 6.88. The second-order valence-electron chi connectivity index (χ2n) is 4.77. The molecule has 0 spiro atoms. The van der Waals surface area contributed by atoms with Gasteiger partial charge in [0.1, 0.15) is 0 Å². The van der Waals surface area contributed by atoms with E-state index in [0.717, 1.165) is 23.0 Å². The minimum absolute atomic E-state index is 0. The minimum Gasteiger partial charge on any atom is -0.493 e. The number of hydrogen-bond donors (Lipinski definition) is 2. The van der Waals surface area contributed by atoms with Crippen LogP contribution in [0.4, 0.5) is 0 Å². The third-order valence-corrected chi connectivity index (χ3v) is 4.71. The first-order chi connectivity index (χ1) is 11.1. The lowest BCUT2D eigenvalue weighted by molar-refractivity contribution is 0.352. The standard InChI is InChI=1S/C16H20BrN3O2S.HI/c1-21-14-9-11(8-13(17)15(14)22-2)10-20-16(18)19-6-5-12-4-3-7-23-12;/h3-4,7-9H,5-6,10H2,1-2H3,(H3,18,19,20);1H. The van der Waals surface area contributed by atoms with Crippen molar-refractivity contribution in [3.8, 4) is 11.5 Å². The van der Waals surface area contributed by atoms with E-state index in [0.29, 0.717) is 24.0 Å². The van der Waals surface area contributed by atoms with E-state index in [9.17, 15) is 0 Å². The average molecular weight is 526 g/mol. The van der Waals surface area contributed by atoms with Crippen LogP contribution in [-0.2, 0) is 13.0 Å². The smallest absolute Gasteiger partial charge is 0.188 e. The van der Waals surface area contributed by atoms with Crippen LogP contribution in [0.3, 0.4) is 0 Å². The van der Waals surface area contributed by atoms with E-state index in [1.807, 2.05) is 18.2 Å². The number of ether oxygens (including phenoxy) is 2. The van der Waals surface area contributed by atoms with Gasteiger partial charge in [0, 0.05) is 11.4 Å². The highest BCUT2D eigenvalue weighted by Gasteiger charge is 2.10. The van der Waals surface area contributed by atoms with Crippen molar-refractivity contribution in [3.05, 3.63) is 44.6 Å². The fourth-order valence-electron chi connectivity index (χ4n) is 2.06. The molecule has 0 saturated heterocycles. The third-order valence-electron chi connectivity index (χ3n) is 3.18. The molecule has 1 aromatic heterocycles. The monoisotopic (exact) mass is 525 g/mol. The Balaban J connectivity index is 0.00000288. The predicted molar refractivity (Wildman–Crippen MR) is 114 cm³/mol. The summed E-state index contributed by atoms with van der Waals surface area (Å²) in [5, 5.41) is 5.19. The number of aliphatic imine (C=N–C) groups is 1. The van der Waals surface area contributed by atoms with Crippen molar-refractivity contribution in [1.82, 2.24) is 5.32 Å². The molecule has 0 amide bonds. The molecule has 0 fully saturated rings. The Kier molecular flexibility index (Phi) is 9.45. The van der Waals surface area contributed by atoms with Gasteiger partial charge in [-0.2, -0.15) is 0 Å². The van der Waals surface area contributed by atoms with Crippen LogP contribution in [0.5, 0.6) is 11.5 Å². The van der Waals surface area contributed by atoms with Crippen molar-refractivity contribution in [3.63, 3.8) is 0 Å². The number of guanidine groups is 1. The second-order valence-corrected chi connectivity index (χ2v) is 6.66. The number of methoxy groups -OCH3 is 2. The summed E-state index contributed by atoms with van der Waals surface area (Å²) >= 11 is 5.21. The summed E-state index contributed by atoms with van der Waals surface area (Å²) in [4.78, 5) is 5.68. The topological polar surface area (TPSA) is 68.9 Å². The van der Waals surface area contributed by atoms with Gasteiger partial charge in [-0.05, 0) is 51.5 Å². The van der Waals surface area contributed by atoms with Crippen molar-refractivity contribution in [2.75, 3.05) is 20.8 Å². The molecule has 132 valence electrons. The van der Waals surface area contributed by atoms with Crippen molar-refractivity contribution < 1.29 is 9.47 Å². The third kappa shape index (κ3) is 6.14. The number of halogens is 2. The molecule has 5 nitrogen and oxygen atoms in total. The first-order valence-electron chi connectivity index (χ1n) is 7.10. The van der Waals surface area contributed by atoms with E-state index in [1.54, 1.807) is 25.6 Å². The van der Waals surface area contributed by atoms with Gasteiger partial charge in [-0.25, -0.2) is 4.99 Å². The normalized spacial score (nSPS) is 10.9. The van der Waals surface area contributed by atoms with Crippen LogP contribution in [0.25, 0.3) is 0 Å². The predicted octanol–water partition coefficient (Wildman–Crippen LogP) is 3.79. The van der Waals surface area contributed by atoms with Gasteiger partial charge in [0.25, 0.3) is 0 Å². The Labute approximate surface area is 171 Å². The molecule has 2 rings (SSSR count). The summed E-state index contributed by atoms with van der Waals surface area (Å²) in [7, 11) is 3.22. The van der Waals surface area contributed by atoms with Gasteiger partial charge in [-0.1, -0.05) is 6.07 Å². The van der Waals surface area contributed by atoms with Gasteiger partial charge in [0.05, 0.1) is 25.2 Å². The number of hydrogen-bond acceptors (Lipinski definition) is 4. The molecule has 0 unspecified atom stereocenters. The Morgan fingerprint density at radius 2 is 2.12 bits per heavy atom. The fourth-order valence-corrected chi connectivity index (χ4v) is 3.42. The molecule has 2 aromatic rings. The highest BCUT2D eigenvalue weighted by molar-refractivity contribution is 14.0. The number of rotatable bonds is 7. The fraction of sp³-hybridized carbons (Fsp3) is 0.312. The molecule has 3 N–H and O–H groups in total. The van der Waals surface area contributed by atoms with Crippen LogP contribution in [0.1, 0.15) is 10.4 Å². The number of nitrogens with zero attached hydrogens (tertiary/aromatic N) is 1. The van der Waals surface area contributed by atoms with Crippen LogP contribution < -0.4 is 20.5 Å². The van der Waals surface area contributed by atoms with E-state index >= 15 is 0 Å². The molecule has 1 aromatic carbocycles. The summed E-state index contributed by atoms with van der Waals surface area (Å²) < 4.78 is 11.4. The zero-order valence-electron chi connectivity index (χ0n) is 13.5. The van der Waals surface area contributed by atoms with Gasteiger partial charge in [-0.3, -0.25) is 0 Å². The molecule has 0 aliphatic carbocycles. The molecule has 24 heavy (non-hydrogen) atoms. The summed E-state index contributed by atoms with van der Waals surface area (Å²) in [5.74, 6) is 1.77. The first kappa shape index (κ1) is 21.0. The van der Waals surface area contributed by atoms with Crippen molar-refractivity contribution in [1.29, 1.82) is 0 Å². The Bertz CT molecular complexity index is 666. The van der Waals surface area contributed by atoms with Gasteiger partial charge in [0.2, 0.25) is 0 Å². The van der Waals surface area contributed by atoms with Crippen LogP contribution >= 0.6 is 51.2 Å². The van der Waals surface area contributed by atoms with Crippen molar-refractivity contribution >= 4 is 57.2 Å². The van der Waals surface area contributed by atoms with Crippen molar-refractivity contribution in [2.24, 2.45) is 10.7 Å². The molecular formula is C16H21BrIN3O2S. The Morgan fingerprint density at radius 1 is 1.33 bits per heavy atom. The number of benzene rings is 1.